The first-order valence-electron chi connectivity index (χ1n) is 12.0. The van der Waals surface area contributed by atoms with Crippen LogP contribution in [0, 0.1) is 5.92 Å². The maximum Gasteiger partial charge on any atom is 0.236 e. The van der Waals surface area contributed by atoms with Gasteiger partial charge in [-0.3, -0.25) is 14.5 Å². The molecule has 1 aromatic heterocycles. The fraction of sp³-hybridized carbons (Fsp3) is 0.600. The van der Waals surface area contributed by atoms with Crippen molar-refractivity contribution in [3.05, 3.63) is 36.1 Å². The molecule has 3 heterocycles. The van der Waals surface area contributed by atoms with Crippen LogP contribution in [-0.2, 0) is 20.9 Å². The summed E-state index contributed by atoms with van der Waals surface area (Å²) in [5.74, 6) is 1.94. The van der Waals surface area contributed by atoms with Gasteiger partial charge in [-0.25, -0.2) is 0 Å². The van der Waals surface area contributed by atoms with E-state index in [2.05, 4.69) is 11.0 Å². The lowest BCUT2D eigenvalue weighted by Crippen LogP contribution is -2.40. The summed E-state index contributed by atoms with van der Waals surface area (Å²) in [7, 11) is 0. The molecule has 7 heteroatoms. The molecule has 0 unspecified atom stereocenters. The van der Waals surface area contributed by atoms with Crippen LogP contribution >= 0.6 is 0 Å². The van der Waals surface area contributed by atoms with Crippen LogP contribution in [0.4, 0.5) is 0 Å². The third kappa shape index (κ3) is 5.33. The number of furan rings is 1. The van der Waals surface area contributed by atoms with Crippen molar-refractivity contribution in [2.24, 2.45) is 5.92 Å². The number of hydrogen-bond acceptors (Lipinski definition) is 5. The molecule has 0 N–H and O–H groups in total. The summed E-state index contributed by atoms with van der Waals surface area (Å²) < 4.78 is 12.3. The quantitative estimate of drug-likeness (QED) is 0.601. The fourth-order valence-corrected chi connectivity index (χ4v) is 4.78. The number of benzene rings is 1. The number of carbonyl (C=O) groups is 2. The van der Waals surface area contributed by atoms with E-state index < -0.39 is 0 Å². The Morgan fingerprint density at radius 2 is 1.88 bits per heavy atom. The number of hydrogen-bond donors (Lipinski definition) is 0. The molecule has 3 aliphatic rings. The van der Waals surface area contributed by atoms with Crippen LogP contribution in [0.2, 0.25) is 0 Å². The number of carbonyl (C=O) groups excluding carboxylic acids is 2. The van der Waals surface area contributed by atoms with Crippen molar-refractivity contribution in [3.8, 4) is 0 Å². The second-order valence-corrected chi connectivity index (χ2v) is 9.50. The Morgan fingerprint density at radius 1 is 1.03 bits per heavy atom. The van der Waals surface area contributed by atoms with Crippen molar-refractivity contribution in [1.82, 2.24) is 14.7 Å². The van der Waals surface area contributed by atoms with E-state index in [1.807, 2.05) is 34.1 Å². The Labute approximate surface area is 189 Å². The largest absolute Gasteiger partial charge is 0.460 e. The molecular formula is C25H33N3O4. The lowest BCUT2D eigenvalue weighted by molar-refractivity contribution is -0.132. The number of fused-ring (bicyclic) bond motifs is 1. The molecule has 1 aliphatic carbocycles. The normalized spacial score (nSPS) is 22.8. The number of likely N-dealkylation sites (tertiary alicyclic amines) is 1. The van der Waals surface area contributed by atoms with Gasteiger partial charge in [0.2, 0.25) is 11.8 Å². The maximum atomic E-state index is 13.1. The number of ether oxygens (including phenoxy) is 1. The predicted octanol–water partition coefficient (Wildman–Crippen LogP) is 2.88. The minimum absolute atomic E-state index is 0.000142. The van der Waals surface area contributed by atoms with E-state index in [0.717, 1.165) is 55.8 Å². The topological polar surface area (TPSA) is 66.2 Å². The molecule has 3 fully saturated rings. The summed E-state index contributed by atoms with van der Waals surface area (Å²) in [5, 5.41) is 1.09. The molecular weight excluding hydrogens is 406 g/mol. The standard InChI is InChI=1S/C25H33N3O4/c29-24-7-3-10-27(24)11-4-12-28-16-22(31-18-19-8-9-19)15-26(17-25(28)30)14-21-13-20-5-1-2-6-23(20)32-21/h1-2,5-6,13,19,22H,3-4,7-12,14-18H2/t22-/m1/s1. The van der Waals surface area contributed by atoms with Gasteiger partial charge in [0.05, 0.1) is 19.2 Å². The van der Waals surface area contributed by atoms with E-state index in [-0.39, 0.29) is 17.9 Å². The fourth-order valence-electron chi connectivity index (χ4n) is 4.78. The number of para-hydroxylation sites is 1. The maximum absolute atomic E-state index is 13.1. The van der Waals surface area contributed by atoms with Gasteiger partial charge in [0.25, 0.3) is 0 Å². The van der Waals surface area contributed by atoms with Crippen molar-refractivity contribution in [2.45, 2.75) is 44.8 Å². The number of amides is 2. The zero-order valence-corrected chi connectivity index (χ0v) is 18.7. The Kier molecular flexibility index (Phi) is 6.46. The molecule has 7 nitrogen and oxygen atoms in total. The van der Waals surface area contributed by atoms with Crippen LogP contribution in [0.1, 0.15) is 37.9 Å². The van der Waals surface area contributed by atoms with Gasteiger partial charge in [0, 0.05) is 51.1 Å². The minimum atomic E-state index is -0.000142. The molecule has 2 aromatic rings. The van der Waals surface area contributed by atoms with Crippen LogP contribution in [0.15, 0.2) is 34.7 Å². The first kappa shape index (κ1) is 21.5. The van der Waals surface area contributed by atoms with Crippen LogP contribution in [0.25, 0.3) is 11.0 Å². The lowest BCUT2D eigenvalue weighted by Gasteiger charge is -2.25. The molecule has 0 bridgehead atoms. The lowest BCUT2D eigenvalue weighted by atomic mass is 10.2. The number of nitrogens with zero attached hydrogens (tertiary/aromatic N) is 3. The highest BCUT2D eigenvalue weighted by molar-refractivity contribution is 5.79. The molecule has 32 heavy (non-hydrogen) atoms. The number of rotatable bonds is 9. The van der Waals surface area contributed by atoms with Gasteiger partial charge in [-0.15, -0.1) is 0 Å². The third-order valence-electron chi connectivity index (χ3n) is 6.75. The monoisotopic (exact) mass is 439 g/mol. The minimum Gasteiger partial charge on any atom is -0.460 e. The highest BCUT2D eigenvalue weighted by Gasteiger charge is 2.31. The Balaban J connectivity index is 1.22. The van der Waals surface area contributed by atoms with Crippen LogP contribution < -0.4 is 0 Å². The Bertz CT molecular complexity index is 921. The summed E-state index contributed by atoms with van der Waals surface area (Å²) in [4.78, 5) is 31.0. The average Bonchev–Trinajstić information content (AvgIpc) is 3.42. The van der Waals surface area contributed by atoms with Crippen LogP contribution in [0.3, 0.4) is 0 Å². The smallest absolute Gasteiger partial charge is 0.236 e. The van der Waals surface area contributed by atoms with Gasteiger partial charge in [-0.2, -0.15) is 0 Å². The molecule has 1 aromatic carbocycles. The molecule has 2 amide bonds. The summed E-state index contributed by atoms with van der Waals surface area (Å²) in [5.41, 5.74) is 0.878. The van der Waals surface area contributed by atoms with Gasteiger partial charge >= 0.3 is 0 Å². The molecule has 2 aliphatic heterocycles. The van der Waals surface area contributed by atoms with Gasteiger partial charge in [-0.1, -0.05) is 18.2 Å². The average molecular weight is 440 g/mol. The zero-order valence-electron chi connectivity index (χ0n) is 18.7. The van der Waals surface area contributed by atoms with E-state index in [1.54, 1.807) is 0 Å². The van der Waals surface area contributed by atoms with Crippen LogP contribution in [-0.4, -0.2) is 78.5 Å². The van der Waals surface area contributed by atoms with E-state index in [9.17, 15) is 9.59 Å². The zero-order chi connectivity index (χ0) is 21.9. The van der Waals surface area contributed by atoms with Crippen molar-refractivity contribution >= 4 is 22.8 Å². The van der Waals surface area contributed by atoms with Gasteiger partial charge in [-0.05, 0) is 43.7 Å². The van der Waals surface area contributed by atoms with Gasteiger partial charge in [0.15, 0.2) is 0 Å². The highest BCUT2D eigenvalue weighted by atomic mass is 16.5. The Hall–Kier alpha value is -2.38. The SMILES string of the molecule is O=C1CCCN1CCCN1C[C@H](OCC2CC2)CN(Cc2cc3ccccc3o2)CC1=O. The molecule has 0 spiro atoms. The van der Waals surface area contributed by atoms with Gasteiger partial charge < -0.3 is 19.0 Å². The van der Waals surface area contributed by atoms with Crippen molar-refractivity contribution in [1.29, 1.82) is 0 Å². The van der Waals surface area contributed by atoms with E-state index in [1.165, 1.54) is 12.8 Å². The second-order valence-electron chi connectivity index (χ2n) is 9.50. The summed E-state index contributed by atoms with van der Waals surface area (Å²) in [6.07, 6.45) is 4.94. The summed E-state index contributed by atoms with van der Waals surface area (Å²) in [6.45, 7) is 5.34. The van der Waals surface area contributed by atoms with Gasteiger partial charge in [0.1, 0.15) is 11.3 Å². The second kappa shape index (κ2) is 9.63. The molecule has 0 radical (unpaired) electrons. The summed E-state index contributed by atoms with van der Waals surface area (Å²) >= 11 is 0. The first-order valence-corrected chi connectivity index (χ1v) is 12.0. The van der Waals surface area contributed by atoms with Crippen molar-refractivity contribution < 1.29 is 18.7 Å². The molecule has 1 atom stereocenters. The van der Waals surface area contributed by atoms with Crippen molar-refractivity contribution in [3.63, 3.8) is 0 Å². The summed E-state index contributed by atoms with van der Waals surface area (Å²) in [6, 6.07) is 10.1. The third-order valence-corrected chi connectivity index (χ3v) is 6.75. The van der Waals surface area contributed by atoms with E-state index in [0.29, 0.717) is 38.5 Å². The van der Waals surface area contributed by atoms with E-state index in [4.69, 9.17) is 9.15 Å². The first-order chi connectivity index (χ1) is 15.6. The van der Waals surface area contributed by atoms with E-state index >= 15 is 0 Å². The molecule has 2 saturated heterocycles. The molecule has 5 rings (SSSR count). The Morgan fingerprint density at radius 3 is 2.66 bits per heavy atom. The molecule has 172 valence electrons. The predicted molar refractivity (Wildman–Crippen MR) is 121 cm³/mol. The van der Waals surface area contributed by atoms with Crippen LogP contribution in [0.5, 0.6) is 0 Å². The molecule has 1 saturated carbocycles. The van der Waals surface area contributed by atoms with Crippen molar-refractivity contribution in [2.75, 3.05) is 45.9 Å². The highest BCUT2D eigenvalue weighted by Crippen LogP contribution is 2.29.